The Balaban J connectivity index is 1.50. The predicted octanol–water partition coefficient (Wildman–Crippen LogP) is 2.27. The van der Waals surface area contributed by atoms with Crippen LogP contribution in [-0.4, -0.2) is 62.3 Å². The number of hydrogen-bond acceptors (Lipinski definition) is 6. The third-order valence-electron chi connectivity index (χ3n) is 5.51. The van der Waals surface area contributed by atoms with Crippen LogP contribution in [0.15, 0.2) is 30.3 Å². The number of likely N-dealkylation sites (N-methyl/N-ethyl adjacent to an activating group) is 1. The quantitative estimate of drug-likeness (QED) is 0.716. The number of carbonyl (C=O) groups excluding carboxylic acids is 1. The summed E-state index contributed by atoms with van der Waals surface area (Å²) >= 11 is 0. The lowest BCUT2D eigenvalue weighted by molar-refractivity contribution is 0.0946. The van der Waals surface area contributed by atoms with Gasteiger partial charge in [0.1, 0.15) is 17.3 Å². The van der Waals surface area contributed by atoms with Gasteiger partial charge in [0, 0.05) is 39.3 Å². The van der Waals surface area contributed by atoms with Crippen molar-refractivity contribution in [3.63, 3.8) is 0 Å². The van der Waals surface area contributed by atoms with Gasteiger partial charge in [-0.25, -0.2) is 9.37 Å². The number of aromatic nitrogens is 2. The zero-order valence-electron chi connectivity index (χ0n) is 17.3. The van der Waals surface area contributed by atoms with Gasteiger partial charge in [-0.05, 0) is 42.9 Å². The molecule has 7 nitrogen and oxygen atoms in total. The van der Waals surface area contributed by atoms with E-state index in [0.29, 0.717) is 43.9 Å². The maximum absolute atomic E-state index is 13.1. The highest BCUT2D eigenvalue weighted by Crippen LogP contribution is 2.27. The Morgan fingerprint density at radius 1 is 1.23 bits per heavy atom. The number of amides is 1. The van der Waals surface area contributed by atoms with Gasteiger partial charge >= 0.3 is 0 Å². The van der Waals surface area contributed by atoms with Crippen molar-refractivity contribution in [1.29, 1.82) is 0 Å². The molecule has 2 fully saturated rings. The summed E-state index contributed by atoms with van der Waals surface area (Å²) in [6.45, 7) is 4.11. The number of halogens is 1. The van der Waals surface area contributed by atoms with E-state index in [0.717, 1.165) is 30.9 Å². The number of nitrogens with one attached hydrogen (secondary N) is 1. The van der Waals surface area contributed by atoms with Crippen molar-refractivity contribution in [3.05, 3.63) is 47.4 Å². The van der Waals surface area contributed by atoms with Crippen LogP contribution >= 0.6 is 0 Å². The van der Waals surface area contributed by atoms with E-state index in [9.17, 15) is 9.18 Å². The van der Waals surface area contributed by atoms with Crippen molar-refractivity contribution >= 4 is 17.7 Å². The first-order chi connectivity index (χ1) is 14.6. The number of hydrogen-bond donors (Lipinski definition) is 1. The summed E-state index contributed by atoms with van der Waals surface area (Å²) in [6.07, 6.45) is 3.09. The maximum Gasteiger partial charge on any atom is 0.270 e. The van der Waals surface area contributed by atoms with E-state index in [-0.39, 0.29) is 11.7 Å². The number of ether oxygens (including phenoxy) is 1. The van der Waals surface area contributed by atoms with Gasteiger partial charge in [-0.1, -0.05) is 12.1 Å². The number of carbonyl (C=O) groups is 1. The number of morpholine rings is 1. The van der Waals surface area contributed by atoms with Crippen molar-refractivity contribution in [3.8, 4) is 0 Å². The van der Waals surface area contributed by atoms with Crippen molar-refractivity contribution in [1.82, 2.24) is 15.3 Å². The van der Waals surface area contributed by atoms with Gasteiger partial charge in [0.15, 0.2) is 0 Å². The highest BCUT2D eigenvalue weighted by Gasteiger charge is 2.23. The first-order valence-corrected chi connectivity index (χ1v) is 10.5. The third-order valence-corrected chi connectivity index (χ3v) is 5.51. The molecule has 0 unspecified atom stereocenters. The molecular weight excluding hydrogens is 385 g/mol. The molecule has 160 valence electrons. The molecule has 1 aliphatic heterocycles. The molecule has 30 heavy (non-hydrogen) atoms. The smallest absolute Gasteiger partial charge is 0.270 e. The summed E-state index contributed by atoms with van der Waals surface area (Å²) in [5.74, 6) is 1.46. The van der Waals surface area contributed by atoms with Gasteiger partial charge in [0.05, 0.1) is 13.2 Å². The Bertz CT molecular complexity index is 866. The van der Waals surface area contributed by atoms with Crippen LogP contribution in [-0.2, 0) is 11.2 Å². The number of rotatable bonds is 8. The minimum absolute atomic E-state index is 0.160. The second-order valence-corrected chi connectivity index (χ2v) is 7.96. The molecule has 1 aliphatic carbocycles. The molecule has 1 aromatic heterocycles. The minimum atomic E-state index is -0.240. The van der Waals surface area contributed by atoms with Gasteiger partial charge in [0.25, 0.3) is 5.91 Å². The normalized spacial score (nSPS) is 16.4. The van der Waals surface area contributed by atoms with Crippen molar-refractivity contribution in [2.75, 3.05) is 56.2 Å². The lowest BCUT2D eigenvalue weighted by Crippen LogP contribution is -2.37. The topological polar surface area (TPSA) is 70.6 Å². The van der Waals surface area contributed by atoms with Crippen LogP contribution in [0.4, 0.5) is 16.2 Å². The fourth-order valence-corrected chi connectivity index (χ4v) is 3.36. The standard InChI is InChI=1S/C22H28FN5O2/c1-27(9-8-16-4-6-18(23)7-5-16)22-25-19(21(29)24-15-17-2-3-17)14-20(26-22)28-10-12-30-13-11-28/h4-7,14,17H,2-3,8-13,15H2,1H3,(H,24,29). The van der Waals surface area contributed by atoms with E-state index in [2.05, 4.69) is 15.2 Å². The van der Waals surface area contributed by atoms with Gasteiger partial charge in [0.2, 0.25) is 5.95 Å². The van der Waals surface area contributed by atoms with E-state index < -0.39 is 0 Å². The molecule has 0 radical (unpaired) electrons. The second-order valence-electron chi connectivity index (χ2n) is 7.96. The molecule has 1 N–H and O–H groups in total. The zero-order valence-corrected chi connectivity index (χ0v) is 17.3. The molecular formula is C22H28FN5O2. The van der Waals surface area contributed by atoms with Gasteiger partial charge in [-0.2, -0.15) is 4.98 Å². The lowest BCUT2D eigenvalue weighted by atomic mass is 10.1. The maximum atomic E-state index is 13.1. The van der Waals surface area contributed by atoms with E-state index in [1.165, 1.54) is 25.0 Å². The molecule has 2 aromatic rings. The summed E-state index contributed by atoms with van der Waals surface area (Å²) in [4.78, 5) is 26.0. The van der Waals surface area contributed by atoms with Crippen LogP contribution in [0.2, 0.25) is 0 Å². The highest BCUT2D eigenvalue weighted by atomic mass is 19.1. The minimum Gasteiger partial charge on any atom is -0.378 e. The number of benzene rings is 1. The molecule has 0 bridgehead atoms. The fourth-order valence-electron chi connectivity index (χ4n) is 3.36. The first-order valence-electron chi connectivity index (χ1n) is 10.5. The largest absolute Gasteiger partial charge is 0.378 e. The van der Waals surface area contributed by atoms with Crippen molar-refractivity contribution < 1.29 is 13.9 Å². The summed E-state index contributed by atoms with van der Waals surface area (Å²) < 4.78 is 18.6. The van der Waals surface area contributed by atoms with Gasteiger partial charge in [-0.15, -0.1) is 0 Å². The molecule has 1 aromatic carbocycles. The summed E-state index contributed by atoms with van der Waals surface area (Å²) in [5, 5.41) is 2.99. The predicted molar refractivity (Wildman–Crippen MR) is 113 cm³/mol. The number of anilines is 2. The summed E-state index contributed by atoms with van der Waals surface area (Å²) in [7, 11) is 1.91. The van der Waals surface area contributed by atoms with Crippen LogP contribution in [0.5, 0.6) is 0 Å². The average Bonchev–Trinajstić information content (AvgIpc) is 3.62. The van der Waals surface area contributed by atoms with Gasteiger partial charge in [-0.3, -0.25) is 4.79 Å². The molecule has 0 spiro atoms. The van der Waals surface area contributed by atoms with Gasteiger partial charge < -0.3 is 19.9 Å². The Morgan fingerprint density at radius 2 is 1.97 bits per heavy atom. The van der Waals surface area contributed by atoms with E-state index in [4.69, 9.17) is 9.72 Å². The zero-order chi connectivity index (χ0) is 20.9. The summed E-state index contributed by atoms with van der Waals surface area (Å²) in [6, 6.07) is 8.27. The Morgan fingerprint density at radius 3 is 2.67 bits per heavy atom. The molecule has 2 heterocycles. The van der Waals surface area contributed by atoms with Crippen molar-refractivity contribution in [2.45, 2.75) is 19.3 Å². The molecule has 2 aliphatic rings. The highest BCUT2D eigenvalue weighted by molar-refractivity contribution is 5.93. The molecule has 1 amide bonds. The molecule has 1 saturated carbocycles. The fraction of sp³-hybridized carbons (Fsp3) is 0.500. The Hall–Kier alpha value is -2.74. The lowest BCUT2D eigenvalue weighted by Gasteiger charge is -2.29. The first kappa shape index (κ1) is 20.5. The van der Waals surface area contributed by atoms with Crippen LogP contribution in [0, 0.1) is 11.7 Å². The SMILES string of the molecule is CN(CCc1ccc(F)cc1)c1nc(C(=O)NCC2CC2)cc(N2CCOCC2)n1. The molecule has 8 heteroatoms. The van der Waals surface area contributed by atoms with Crippen LogP contribution in [0.25, 0.3) is 0 Å². The van der Waals surface area contributed by atoms with E-state index in [1.54, 1.807) is 18.2 Å². The monoisotopic (exact) mass is 413 g/mol. The van der Waals surface area contributed by atoms with E-state index in [1.807, 2.05) is 11.9 Å². The van der Waals surface area contributed by atoms with Crippen molar-refractivity contribution in [2.24, 2.45) is 5.92 Å². The van der Waals surface area contributed by atoms with Crippen LogP contribution in [0.1, 0.15) is 28.9 Å². The Kier molecular flexibility index (Phi) is 6.42. The average molecular weight is 413 g/mol. The Labute approximate surface area is 176 Å². The second kappa shape index (κ2) is 9.38. The molecule has 4 rings (SSSR count). The number of nitrogens with zero attached hydrogens (tertiary/aromatic N) is 4. The summed E-state index contributed by atoms with van der Waals surface area (Å²) in [5.41, 5.74) is 1.42. The molecule has 1 saturated heterocycles. The third kappa shape index (κ3) is 5.44. The van der Waals surface area contributed by atoms with E-state index >= 15 is 0 Å². The molecule has 0 atom stereocenters. The van der Waals surface area contributed by atoms with Crippen LogP contribution in [0.3, 0.4) is 0 Å². The van der Waals surface area contributed by atoms with Crippen LogP contribution < -0.4 is 15.1 Å².